The topological polar surface area (TPSA) is 38.3 Å². The van der Waals surface area contributed by atoms with Gasteiger partial charge in [0.2, 0.25) is 5.91 Å². The van der Waals surface area contributed by atoms with Gasteiger partial charge in [-0.2, -0.15) is 0 Å². The van der Waals surface area contributed by atoms with Crippen molar-refractivity contribution in [1.29, 1.82) is 0 Å². The molecule has 0 saturated heterocycles. The van der Waals surface area contributed by atoms with Crippen molar-refractivity contribution in [1.82, 2.24) is 5.32 Å². The molecule has 1 aromatic carbocycles. The third-order valence-corrected chi connectivity index (χ3v) is 4.15. The highest BCUT2D eigenvalue weighted by Gasteiger charge is 2.14. The quantitative estimate of drug-likeness (QED) is 0.832. The van der Waals surface area contributed by atoms with E-state index in [2.05, 4.69) is 17.4 Å². The minimum Gasteiger partial charge on any atom is -0.492 e. The molecule has 0 aromatic heterocycles. The van der Waals surface area contributed by atoms with Crippen molar-refractivity contribution >= 4 is 17.7 Å². The van der Waals surface area contributed by atoms with Crippen LogP contribution in [0.15, 0.2) is 23.1 Å². The highest BCUT2D eigenvalue weighted by atomic mass is 32.2. The lowest BCUT2D eigenvalue weighted by atomic mass is 10.1. The molecule has 1 aliphatic heterocycles. The molecule has 4 heteroatoms. The number of aryl methyl sites for hydroxylation is 1. The standard InChI is InChI=1S/C14H19NO2S/c1-15-13(16)8-3-2-5-11-6-4-7-12-14(11)18-10-9-17-12/h4,6-7H,2-3,5,8-10H2,1H3,(H,15,16). The Labute approximate surface area is 112 Å². The number of ether oxygens (including phenoxy) is 1. The monoisotopic (exact) mass is 265 g/mol. The van der Waals surface area contributed by atoms with Gasteiger partial charge in [-0.15, -0.1) is 11.8 Å². The van der Waals surface area contributed by atoms with Gasteiger partial charge in [0, 0.05) is 19.2 Å². The first-order valence-electron chi connectivity index (χ1n) is 6.39. The first-order valence-corrected chi connectivity index (χ1v) is 7.38. The summed E-state index contributed by atoms with van der Waals surface area (Å²) in [6.07, 6.45) is 3.63. The highest BCUT2D eigenvalue weighted by molar-refractivity contribution is 7.99. The Balaban J connectivity index is 1.88. The molecule has 98 valence electrons. The van der Waals surface area contributed by atoms with Gasteiger partial charge in [0.15, 0.2) is 0 Å². The van der Waals surface area contributed by atoms with Crippen molar-refractivity contribution in [3.05, 3.63) is 23.8 Å². The van der Waals surface area contributed by atoms with E-state index in [0.29, 0.717) is 6.42 Å². The zero-order valence-corrected chi connectivity index (χ0v) is 11.5. The molecular formula is C14H19NO2S. The summed E-state index contributed by atoms with van der Waals surface area (Å²) >= 11 is 1.88. The number of rotatable bonds is 5. The van der Waals surface area contributed by atoms with Gasteiger partial charge >= 0.3 is 0 Å². The summed E-state index contributed by atoms with van der Waals surface area (Å²) in [7, 11) is 1.68. The lowest BCUT2D eigenvalue weighted by Gasteiger charge is -2.19. The van der Waals surface area contributed by atoms with E-state index in [4.69, 9.17) is 4.74 Å². The summed E-state index contributed by atoms with van der Waals surface area (Å²) in [6, 6.07) is 6.26. The predicted octanol–water partition coefficient (Wildman–Crippen LogP) is 2.63. The lowest BCUT2D eigenvalue weighted by molar-refractivity contribution is -0.120. The number of carbonyl (C=O) groups excluding carboxylic acids is 1. The molecule has 2 rings (SSSR count). The summed E-state index contributed by atoms with van der Waals surface area (Å²) < 4.78 is 5.64. The second-order valence-corrected chi connectivity index (χ2v) is 5.43. The van der Waals surface area contributed by atoms with Crippen LogP contribution in [-0.2, 0) is 11.2 Å². The molecule has 1 heterocycles. The summed E-state index contributed by atoms with van der Waals surface area (Å²) in [4.78, 5) is 12.4. The van der Waals surface area contributed by atoms with Crippen LogP contribution < -0.4 is 10.1 Å². The van der Waals surface area contributed by atoms with Crippen LogP contribution in [0.25, 0.3) is 0 Å². The lowest BCUT2D eigenvalue weighted by Crippen LogP contribution is -2.17. The maximum absolute atomic E-state index is 11.1. The van der Waals surface area contributed by atoms with Crippen molar-refractivity contribution in [3.63, 3.8) is 0 Å². The van der Waals surface area contributed by atoms with Crippen LogP contribution in [0, 0.1) is 0 Å². The maximum atomic E-state index is 11.1. The van der Waals surface area contributed by atoms with Gasteiger partial charge in [0.1, 0.15) is 5.75 Å². The fourth-order valence-corrected chi connectivity index (χ4v) is 3.05. The molecule has 0 fully saturated rings. The fraction of sp³-hybridized carbons (Fsp3) is 0.500. The first-order chi connectivity index (χ1) is 8.81. The second kappa shape index (κ2) is 6.69. The molecule has 1 aliphatic rings. The van der Waals surface area contributed by atoms with E-state index in [-0.39, 0.29) is 5.91 Å². The Bertz CT molecular complexity index is 420. The number of fused-ring (bicyclic) bond motifs is 1. The van der Waals surface area contributed by atoms with Gasteiger partial charge in [-0.05, 0) is 30.9 Å². The Morgan fingerprint density at radius 3 is 3.17 bits per heavy atom. The molecule has 18 heavy (non-hydrogen) atoms. The number of amides is 1. The predicted molar refractivity (Wildman–Crippen MR) is 74.3 cm³/mol. The van der Waals surface area contributed by atoms with Gasteiger partial charge in [0.25, 0.3) is 0 Å². The number of unbranched alkanes of at least 4 members (excludes halogenated alkanes) is 1. The van der Waals surface area contributed by atoms with Crippen LogP contribution in [0.5, 0.6) is 5.75 Å². The molecule has 0 atom stereocenters. The number of thioether (sulfide) groups is 1. The molecule has 0 unspecified atom stereocenters. The van der Waals surface area contributed by atoms with E-state index in [9.17, 15) is 4.79 Å². The van der Waals surface area contributed by atoms with E-state index in [0.717, 1.165) is 37.4 Å². The molecule has 0 saturated carbocycles. The average Bonchev–Trinajstić information content (AvgIpc) is 2.43. The van der Waals surface area contributed by atoms with Gasteiger partial charge in [-0.25, -0.2) is 0 Å². The fourth-order valence-electron chi connectivity index (χ4n) is 2.06. The van der Waals surface area contributed by atoms with Crippen LogP contribution in [0.3, 0.4) is 0 Å². The average molecular weight is 265 g/mol. The van der Waals surface area contributed by atoms with Gasteiger partial charge in [-0.1, -0.05) is 12.1 Å². The van der Waals surface area contributed by atoms with Crippen molar-refractivity contribution < 1.29 is 9.53 Å². The van der Waals surface area contributed by atoms with Crippen LogP contribution in [-0.4, -0.2) is 25.3 Å². The molecule has 0 aliphatic carbocycles. The SMILES string of the molecule is CNC(=O)CCCCc1cccc2c1SCCO2. The van der Waals surface area contributed by atoms with Gasteiger partial charge in [-0.3, -0.25) is 4.79 Å². The Kier molecular flexibility index (Phi) is 4.93. The molecule has 0 radical (unpaired) electrons. The normalized spacial score (nSPS) is 13.6. The minimum absolute atomic E-state index is 0.128. The van der Waals surface area contributed by atoms with Crippen molar-refractivity contribution in [3.8, 4) is 5.75 Å². The van der Waals surface area contributed by atoms with E-state index in [1.54, 1.807) is 7.05 Å². The van der Waals surface area contributed by atoms with Crippen LogP contribution in [0.4, 0.5) is 0 Å². The zero-order valence-electron chi connectivity index (χ0n) is 10.7. The number of benzene rings is 1. The summed E-state index contributed by atoms with van der Waals surface area (Å²) in [5.41, 5.74) is 1.36. The molecule has 3 nitrogen and oxygen atoms in total. The van der Waals surface area contributed by atoms with Gasteiger partial charge < -0.3 is 10.1 Å². The van der Waals surface area contributed by atoms with E-state index in [1.165, 1.54) is 10.5 Å². The van der Waals surface area contributed by atoms with Crippen LogP contribution in [0.2, 0.25) is 0 Å². The van der Waals surface area contributed by atoms with E-state index < -0.39 is 0 Å². The molecule has 1 amide bonds. The minimum atomic E-state index is 0.128. The Morgan fingerprint density at radius 1 is 1.44 bits per heavy atom. The second-order valence-electron chi connectivity index (χ2n) is 4.32. The molecule has 0 spiro atoms. The molecular weight excluding hydrogens is 246 g/mol. The van der Waals surface area contributed by atoms with Crippen LogP contribution >= 0.6 is 11.8 Å². The Morgan fingerprint density at radius 2 is 2.33 bits per heavy atom. The third kappa shape index (κ3) is 3.42. The summed E-state index contributed by atoms with van der Waals surface area (Å²) in [5.74, 6) is 2.18. The van der Waals surface area contributed by atoms with Crippen molar-refractivity contribution in [2.24, 2.45) is 0 Å². The maximum Gasteiger partial charge on any atom is 0.219 e. The number of hydrogen-bond acceptors (Lipinski definition) is 3. The van der Waals surface area contributed by atoms with Crippen molar-refractivity contribution in [2.45, 2.75) is 30.6 Å². The van der Waals surface area contributed by atoms with Crippen LogP contribution in [0.1, 0.15) is 24.8 Å². The largest absolute Gasteiger partial charge is 0.492 e. The molecule has 0 bridgehead atoms. The van der Waals surface area contributed by atoms with Crippen molar-refractivity contribution in [2.75, 3.05) is 19.4 Å². The number of hydrogen-bond donors (Lipinski definition) is 1. The molecule has 1 N–H and O–H groups in total. The molecule has 1 aromatic rings. The smallest absolute Gasteiger partial charge is 0.219 e. The number of nitrogens with one attached hydrogen (secondary N) is 1. The third-order valence-electron chi connectivity index (χ3n) is 3.03. The van der Waals surface area contributed by atoms with E-state index >= 15 is 0 Å². The Hall–Kier alpha value is -1.16. The highest BCUT2D eigenvalue weighted by Crippen LogP contribution is 2.36. The summed E-state index contributed by atoms with van der Waals surface area (Å²) in [6.45, 7) is 0.803. The first kappa shape index (κ1) is 13.3. The summed E-state index contributed by atoms with van der Waals surface area (Å²) in [5, 5.41) is 2.65. The van der Waals surface area contributed by atoms with E-state index in [1.807, 2.05) is 17.8 Å². The zero-order chi connectivity index (χ0) is 12.8. The van der Waals surface area contributed by atoms with Gasteiger partial charge in [0.05, 0.1) is 11.5 Å². The number of carbonyl (C=O) groups is 1.